The summed E-state index contributed by atoms with van der Waals surface area (Å²) in [5.74, 6) is 0.422. The molecule has 8 nitrogen and oxygen atoms in total. The zero-order valence-corrected chi connectivity index (χ0v) is 16.2. The van der Waals surface area contributed by atoms with Crippen LogP contribution in [0.5, 0.6) is 0 Å². The van der Waals surface area contributed by atoms with Gasteiger partial charge >= 0.3 is 5.69 Å². The van der Waals surface area contributed by atoms with Gasteiger partial charge < -0.3 is 4.90 Å². The van der Waals surface area contributed by atoms with Gasteiger partial charge in [-0.05, 0) is 56.1 Å². The van der Waals surface area contributed by atoms with Crippen LogP contribution in [-0.2, 0) is 13.1 Å². The SMILES string of the molecule is O=c1ncccn1CCN1CCC(Cn2nc(-c3ccncc3)ccc2=O)CC1. The molecule has 0 saturated carbocycles. The van der Waals surface area contributed by atoms with E-state index >= 15 is 0 Å². The first kappa shape index (κ1) is 19.2. The van der Waals surface area contributed by atoms with Gasteiger partial charge in [-0.25, -0.2) is 14.5 Å². The van der Waals surface area contributed by atoms with Gasteiger partial charge in [0.05, 0.1) is 5.69 Å². The van der Waals surface area contributed by atoms with Gasteiger partial charge in [0.25, 0.3) is 5.56 Å². The molecule has 0 N–H and O–H groups in total. The van der Waals surface area contributed by atoms with Crippen LogP contribution in [0.25, 0.3) is 11.3 Å². The molecule has 4 heterocycles. The smallest absolute Gasteiger partial charge is 0.302 e. The topological polar surface area (TPSA) is 85.9 Å². The molecule has 0 amide bonds. The Hall–Kier alpha value is -3.13. The number of rotatable bonds is 6. The summed E-state index contributed by atoms with van der Waals surface area (Å²) in [5, 5.41) is 4.56. The molecule has 0 aromatic carbocycles. The Labute approximate surface area is 168 Å². The third-order valence-electron chi connectivity index (χ3n) is 5.42. The van der Waals surface area contributed by atoms with E-state index < -0.39 is 0 Å². The summed E-state index contributed by atoms with van der Waals surface area (Å²) < 4.78 is 3.23. The number of nitrogens with zero attached hydrogens (tertiary/aromatic N) is 6. The average Bonchev–Trinajstić information content (AvgIpc) is 2.76. The largest absolute Gasteiger partial charge is 0.347 e. The molecule has 1 fully saturated rings. The highest BCUT2D eigenvalue weighted by Gasteiger charge is 2.20. The fourth-order valence-electron chi connectivity index (χ4n) is 3.70. The minimum atomic E-state index is -0.207. The highest BCUT2D eigenvalue weighted by atomic mass is 16.1. The lowest BCUT2D eigenvalue weighted by atomic mass is 9.97. The van der Waals surface area contributed by atoms with Crippen molar-refractivity contribution in [3.8, 4) is 11.3 Å². The van der Waals surface area contributed by atoms with Crippen molar-refractivity contribution in [1.82, 2.24) is 29.2 Å². The molecule has 4 rings (SSSR count). The number of piperidine rings is 1. The van der Waals surface area contributed by atoms with Crippen LogP contribution >= 0.6 is 0 Å². The van der Waals surface area contributed by atoms with Crippen LogP contribution in [-0.4, -0.2) is 48.8 Å². The van der Waals surface area contributed by atoms with Gasteiger partial charge in [0.2, 0.25) is 0 Å². The summed E-state index contributed by atoms with van der Waals surface area (Å²) in [4.78, 5) is 34.1. The van der Waals surface area contributed by atoms with Crippen LogP contribution in [0, 0.1) is 5.92 Å². The van der Waals surface area contributed by atoms with E-state index in [4.69, 9.17) is 0 Å². The monoisotopic (exact) mass is 392 g/mol. The van der Waals surface area contributed by atoms with E-state index in [2.05, 4.69) is 20.0 Å². The normalized spacial score (nSPS) is 15.4. The van der Waals surface area contributed by atoms with Gasteiger partial charge in [-0.2, -0.15) is 5.10 Å². The second-order valence-electron chi connectivity index (χ2n) is 7.36. The Morgan fingerprint density at radius 2 is 1.76 bits per heavy atom. The fourth-order valence-corrected chi connectivity index (χ4v) is 3.70. The number of hydrogen-bond donors (Lipinski definition) is 0. The van der Waals surface area contributed by atoms with Gasteiger partial charge in [0.1, 0.15) is 0 Å². The maximum absolute atomic E-state index is 12.3. The van der Waals surface area contributed by atoms with E-state index in [1.165, 1.54) is 6.20 Å². The third kappa shape index (κ3) is 4.83. The summed E-state index contributed by atoms with van der Waals surface area (Å²) >= 11 is 0. The van der Waals surface area contributed by atoms with Gasteiger partial charge in [0, 0.05) is 56.1 Å². The molecule has 3 aromatic heterocycles. The first-order chi connectivity index (χ1) is 14.2. The Bertz CT molecular complexity index is 1050. The molecular formula is C21H24N6O2. The number of likely N-dealkylation sites (tertiary alicyclic amines) is 1. The van der Waals surface area contributed by atoms with Crippen molar-refractivity contribution in [3.63, 3.8) is 0 Å². The van der Waals surface area contributed by atoms with Crippen LogP contribution in [0.2, 0.25) is 0 Å². The van der Waals surface area contributed by atoms with Crippen LogP contribution in [0.4, 0.5) is 0 Å². The molecule has 1 saturated heterocycles. The van der Waals surface area contributed by atoms with Crippen molar-refractivity contribution in [2.24, 2.45) is 5.92 Å². The Balaban J connectivity index is 1.33. The van der Waals surface area contributed by atoms with Gasteiger partial charge in [-0.3, -0.25) is 14.3 Å². The van der Waals surface area contributed by atoms with E-state index in [-0.39, 0.29) is 11.2 Å². The molecule has 0 unspecified atom stereocenters. The highest BCUT2D eigenvalue weighted by molar-refractivity contribution is 5.56. The summed E-state index contributed by atoms with van der Waals surface area (Å²) in [7, 11) is 0. The summed E-state index contributed by atoms with van der Waals surface area (Å²) in [6, 6.07) is 8.91. The molecule has 0 bridgehead atoms. The molecular weight excluding hydrogens is 368 g/mol. The standard InChI is InChI=1S/C21H24N6O2/c28-20-3-2-19(18-4-9-22-10-5-18)24-27(20)16-17-6-12-25(13-7-17)14-15-26-11-1-8-23-21(26)29/h1-5,8-11,17H,6-7,12-16H2. The van der Waals surface area contributed by atoms with Crippen LogP contribution in [0.1, 0.15) is 12.8 Å². The van der Waals surface area contributed by atoms with Crippen molar-refractivity contribution < 1.29 is 0 Å². The van der Waals surface area contributed by atoms with Crippen molar-refractivity contribution in [1.29, 1.82) is 0 Å². The molecule has 1 aliphatic heterocycles. The molecule has 3 aromatic rings. The van der Waals surface area contributed by atoms with Crippen molar-refractivity contribution in [3.05, 3.63) is 76.0 Å². The lowest BCUT2D eigenvalue weighted by molar-refractivity contribution is 0.164. The van der Waals surface area contributed by atoms with E-state index in [1.54, 1.807) is 46.0 Å². The van der Waals surface area contributed by atoms with Gasteiger partial charge in [0.15, 0.2) is 0 Å². The summed E-state index contributed by atoms with van der Waals surface area (Å²) in [6.07, 6.45) is 8.76. The molecule has 0 aliphatic carbocycles. The quantitative estimate of drug-likeness (QED) is 0.628. The van der Waals surface area contributed by atoms with Crippen LogP contribution < -0.4 is 11.2 Å². The number of pyridine rings is 1. The molecule has 29 heavy (non-hydrogen) atoms. The lowest BCUT2D eigenvalue weighted by Crippen LogP contribution is -2.39. The Kier molecular flexibility index (Phi) is 5.90. The molecule has 0 atom stereocenters. The average molecular weight is 392 g/mol. The van der Waals surface area contributed by atoms with E-state index in [1.807, 2.05) is 12.1 Å². The summed E-state index contributed by atoms with van der Waals surface area (Å²) in [6.45, 7) is 4.02. The number of hydrogen-bond acceptors (Lipinski definition) is 6. The zero-order chi connectivity index (χ0) is 20.1. The summed E-state index contributed by atoms with van der Waals surface area (Å²) in [5.41, 5.74) is 1.46. The van der Waals surface area contributed by atoms with E-state index in [0.717, 1.165) is 43.7 Å². The maximum Gasteiger partial charge on any atom is 0.347 e. The third-order valence-corrected chi connectivity index (χ3v) is 5.42. The second-order valence-corrected chi connectivity index (χ2v) is 7.36. The van der Waals surface area contributed by atoms with Gasteiger partial charge in [-0.15, -0.1) is 0 Å². The number of aromatic nitrogens is 5. The molecule has 0 radical (unpaired) electrons. The predicted octanol–water partition coefficient (Wildman–Crippen LogP) is 1.27. The maximum atomic E-state index is 12.3. The Morgan fingerprint density at radius 3 is 2.52 bits per heavy atom. The minimum absolute atomic E-state index is 0.0683. The van der Waals surface area contributed by atoms with Crippen molar-refractivity contribution >= 4 is 0 Å². The van der Waals surface area contributed by atoms with E-state index in [0.29, 0.717) is 19.0 Å². The molecule has 150 valence electrons. The van der Waals surface area contributed by atoms with E-state index in [9.17, 15) is 9.59 Å². The van der Waals surface area contributed by atoms with Crippen molar-refractivity contribution in [2.45, 2.75) is 25.9 Å². The minimum Gasteiger partial charge on any atom is -0.302 e. The fraction of sp³-hybridized carbons (Fsp3) is 0.381. The first-order valence-corrected chi connectivity index (χ1v) is 9.91. The highest BCUT2D eigenvalue weighted by Crippen LogP contribution is 2.19. The Morgan fingerprint density at radius 1 is 0.966 bits per heavy atom. The van der Waals surface area contributed by atoms with Crippen molar-refractivity contribution in [2.75, 3.05) is 19.6 Å². The predicted molar refractivity (Wildman–Crippen MR) is 109 cm³/mol. The lowest BCUT2D eigenvalue weighted by Gasteiger charge is -2.32. The van der Waals surface area contributed by atoms with Gasteiger partial charge in [-0.1, -0.05) is 0 Å². The molecule has 1 aliphatic rings. The molecule has 8 heteroatoms. The van der Waals surface area contributed by atoms with Crippen LogP contribution in [0.3, 0.4) is 0 Å². The molecule has 0 spiro atoms. The van der Waals surface area contributed by atoms with Crippen LogP contribution in [0.15, 0.2) is 64.7 Å². The first-order valence-electron chi connectivity index (χ1n) is 9.91. The zero-order valence-electron chi connectivity index (χ0n) is 16.2. The second kappa shape index (κ2) is 8.91.